The van der Waals surface area contributed by atoms with Gasteiger partial charge in [-0.15, -0.1) is 0 Å². The molecule has 0 saturated carbocycles. The fourth-order valence-corrected chi connectivity index (χ4v) is 5.28. The molecule has 0 aliphatic rings. The summed E-state index contributed by atoms with van der Waals surface area (Å²) < 4.78 is 15.3. The van der Waals surface area contributed by atoms with Crippen LogP contribution in [0, 0.1) is 13.8 Å². The van der Waals surface area contributed by atoms with Gasteiger partial charge in [-0.05, 0) is 92.7 Å². The fraction of sp³-hybridized carbons (Fsp3) is 0.133. The highest BCUT2D eigenvalue weighted by Crippen LogP contribution is 2.42. The lowest BCUT2D eigenvalue weighted by atomic mass is 10.0. The van der Waals surface area contributed by atoms with E-state index in [0.29, 0.717) is 0 Å². The second kappa shape index (κ2) is 7.84. The molecule has 0 amide bonds. The number of hydrogen-bond acceptors (Lipinski definition) is 3. The quantitative estimate of drug-likeness (QED) is 0.305. The highest BCUT2D eigenvalue weighted by molar-refractivity contribution is 6.25. The molecule has 5 heteroatoms. The van der Waals surface area contributed by atoms with Crippen molar-refractivity contribution in [3.8, 4) is 28.6 Å². The summed E-state index contributed by atoms with van der Waals surface area (Å²) >= 11 is 0. The third-order valence-electron chi connectivity index (χ3n) is 6.83. The third kappa shape index (κ3) is 3.16. The molecule has 0 bridgehead atoms. The number of aryl methyl sites for hydroxylation is 2. The molecule has 35 heavy (non-hydrogen) atoms. The first-order chi connectivity index (χ1) is 17.0. The molecule has 0 fully saturated rings. The molecule has 0 radical (unpaired) electrons. The predicted molar refractivity (Wildman–Crippen MR) is 142 cm³/mol. The minimum Gasteiger partial charge on any atom is -0.508 e. The average molecular weight is 463 g/mol. The van der Waals surface area contributed by atoms with E-state index >= 15 is 0 Å². The fourth-order valence-electron chi connectivity index (χ4n) is 5.28. The summed E-state index contributed by atoms with van der Waals surface area (Å²) in [5.74, 6) is 1.89. The topological polar surface area (TPSA) is 48.5 Å². The van der Waals surface area contributed by atoms with Gasteiger partial charge in [-0.3, -0.25) is 0 Å². The Kier molecular flexibility index (Phi) is 4.74. The number of nitrogens with zero attached hydrogens (tertiary/aromatic N) is 2. The summed E-state index contributed by atoms with van der Waals surface area (Å²) in [6, 6.07) is 26.4. The van der Waals surface area contributed by atoms with Crippen molar-refractivity contribution >= 4 is 32.6 Å². The van der Waals surface area contributed by atoms with Crippen LogP contribution in [0.5, 0.6) is 17.2 Å². The molecular weight excluding hydrogens is 436 g/mol. The zero-order valence-electron chi connectivity index (χ0n) is 20.2. The van der Waals surface area contributed by atoms with Gasteiger partial charge in [-0.1, -0.05) is 0 Å². The molecule has 2 aromatic heterocycles. The Morgan fingerprint density at radius 1 is 0.543 bits per heavy atom. The van der Waals surface area contributed by atoms with Crippen LogP contribution >= 0.6 is 0 Å². The molecule has 0 atom stereocenters. The molecular formula is C30H26N2O3. The molecule has 2 heterocycles. The van der Waals surface area contributed by atoms with Crippen molar-refractivity contribution in [2.24, 2.45) is 0 Å². The molecule has 0 aliphatic carbocycles. The molecule has 0 spiro atoms. The normalized spacial score (nSPS) is 11.5. The molecule has 0 aliphatic heterocycles. The Morgan fingerprint density at radius 2 is 0.971 bits per heavy atom. The Bertz CT molecular complexity index is 1720. The van der Waals surface area contributed by atoms with Gasteiger partial charge in [-0.2, -0.15) is 0 Å². The maximum Gasteiger partial charge on any atom is 0.119 e. The van der Waals surface area contributed by atoms with E-state index in [9.17, 15) is 5.11 Å². The van der Waals surface area contributed by atoms with Crippen molar-refractivity contribution in [3.63, 3.8) is 0 Å². The van der Waals surface area contributed by atoms with Crippen molar-refractivity contribution in [3.05, 3.63) is 90.3 Å². The largest absolute Gasteiger partial charge is 0.508 e. The van der Waals surface area contributed by atoms with Crippen LogP contribution in [-0.4, -0.2) is 28.5 Å². The highest BCUT2D eigenvalue weighted by atomic mass is 16.5. The first kappa shape index (κ1) is 21.2. The van der Waals surface area contributed by atoms with Crippen LogP contribution in [0.2, 0.25) is 0 Å². The molecule has 6 aromatic rings. The van der Waals surface area contributed by atoms with Crippen LogP contribution in [0.4, 0.5) is 0 Å². The van der Waals surface area contributed by atoms with Gasteiger partial charge in [0.05, 0.1) is 25.3 Å². The van der Waals surface area contributed by atoms with Crippen LogP contribution in [0.3, 0.4) is 0 Å². The summed E-state index contributed by atoms with van der Waals surface area (Å²) in [4.78, 5) is 0. The smallest absolute Gasteiger partial charge is 0.119 e. The van der Waals surface area contributed by atoms with Crippen molar-refractivity contribution in [2.45, 2.75) is 13.8 Å². The number of aromatic hydroxyl groups is 1. The lowest BCUT2D eigenvalue weighted by molar-refractivity contribution is 0.414. The number of phenolic OH excluding ortho intramolecular Hbond substituents is 1. The zero-order chi connectivity index (χ0) is 24.3. The molecule has 1 N–H and O–H groups in total. The number of phenols is 1. The van der Waals surface area contributed by atoms with Crippen LogP contribution in [0.25, 0.3) is 44.0 Å². The van der Waals surface area contributed by atoms with Gasteiger partial charge >= 0.3 is 0 Å². The summed E-state index contributed by atoms with van der Waals surface area (Å²) in [5, 5.41) is 14.9. The Balaban J connectivity index is 1.75. The monoisotopic (exact) mass is 462 g/mol. The summed E-state index contributed by atoms with van der Waals surface area (Å²) in [7, 11) is 3.35. The lowest BCUT2D eigenvalue weighted by Crippen LogP contribution is -1.99. The minimum absolute atomic E-state index is 0.248. The van der Waals surface area contributed by atoms with Gasteiger partial charge < -0.3 is 23.7 Å². The van der Waals surface area contributed by atoms with Gasteiger partial charge in [-0.25, -0.2) is 0 Å². The molecule has 0 saturated heterocycles. The van der Waals surface area contributed by atoms with Crippen LogP contribution in [0.15, 0.2) is 78.9 Å². The number of hydrogen-bond donors (Lipinski definition) is 1. The van der Waals surface area contributed by atoms with E-state index in [2.05, 4.69) is 59.4 Å². The number of fused-ring (bicyclic) bond motifs is 6. The standard InChI is InChI=1S/C30H26N2O3/c1-18-15-26-27-16-19(2)32(21-7-12-24(35-4)13-8-21)30(27)28-17-22(33)9-14-25(28)29(26)31(18)20-5-10-23(34-3)11-6-20/h5-17,33H,1-4H3. The Labute approximate surface area is 203 Å². The first-order valence-corrected chi connectivity index (χ1v) is 11.6. The molecule has 5 nitrogen and oxygen atoms in total. The highest BCUT2D eigenvalue weighted by Gasteiger charge is 2.20. The summed E-state index contributed by atoms with van der Waals surface area (Å²) in [6.45, 7) is 4.26. The van der Waals surface area contributed by atoms with Gasteiger partial charge in [0.15, 0.2) is 0 Å². The number of rotatable bonds is 4. The zero-order valence-corrected chi connectivity index (χ0v) is 20.2. The van der Waals surface area contributed by atoms with E-state index in [1.165, 1.54) is 5.39 Å². The SMILES string of the molecule is COc1ccc(-n2c(C)cc3c4cc(C)n(-c5ccc(OC)cc5)c4c4cc(O)ccc4c32)cc1. The lowest BCUT2D eigenvalue weighted by Gasteiger charge is -2.15. The van der Waals surface area contributed by atoms with E-state index in [-0.39, 0.29) is 5.75 Å². The minimum atomic E-state index is 0.248. The van der Waals surface area contributed by atoms with Gasteiger partial charge in [0.2, 0.25) is 0 Å². The van der Waals surface area contributed by atoms with Gasteiger partial charge in [0.1, 0.15) is 17.2 Å². The Morgan fingerprint density at radius 3 is 1.43 bits per heavy atom. The number of ether oxygens (including phenoxy) is 2. The van der Waals surface area contributed by atoms with E-state index in [0.717, 1.165) is 61.5 Å². The van der Waals surface area contributed by atoms with Crippen molar-refractivity contribution in [1.29, 1.82) is 0 Å². The van der Waals surface area contributed by atoms with Crippen LogP contribution in [0.1, 0.15) is 11.4 Å². The van der Waals surface area contributed by atoms with Crippen molar-refractivity contribution in [2.75, 3.05) is 14.2 Å². The molecule has 174 valence electrons. The maximum atomic E-state index is 10.5. The summed E-state index contributed by atoms with van der Waals surface area (Å²) in [5.41, 5.74) is 6.59. The summed E-state index contributed by atoms with van der Waals surface area (Å²) in [6.07, 6.45) is 0. The van der Waals surface area contributed by atoms with Crippen molar-refractivity contribution in [1.82, 2.24) is 9.13 Å². The van der Waals surface area contributed by atoms with E-state index < -0.39 is 0 Å². The van der Waals surface area contributed by atoms with Crippen molar-refractivity contribution < 1.29 is 14.6 Å². The predicted octanol–water partition coefficient (Wildman–Crippen LogP) is 7.07. The molecule has 6 rings (SSSR count). The number of aromatic nitrogens is 2. The first-order valence-electron chi connectivity index (χ1n) is 11.6. The van der Waals surface area contributed by atoms with Gasteiger partial charge in [0.25, 0.3) is 0 Å². The maximum absolute atomic E-state index is 10.5. The second-order valence-electron chi connectivity index (χ2n) is 8.89. The van der Waals surface area contributed by atoms with Gasteiger partial charge in [0, 0.05) is 44.3 Å². The van der Waals surface area contributed by atoms with E-state index in [4.69, 9.17) is 9.47 Å². The number of methoxy groups -OCH3 is 2. The molecule has 4 aromatic carbocycles. The van der Waals surface area contributed by atoms with E-state index in [1.54, 1.807) is 20.3 Å². The van der Waals surface area contributed by atoms with Crippen LogP contribution in [-0.2, 0) is 0 Å². The Hall–Kier alpha value is -4.38. The molecule has 0 unspecified atom stereocenters. The average Bonchev–Trinajstić information content (AvgIpc) is 3.41. The number of benzene rings is 4. The van der Waals surface area contributed by atoms with E-state index in [1.807, 2.05) is 36.4 Å². The van der Waals surface area contributed by atoms with Crippen LogP contribution < -0.4 is 9.47 Å². The third-order valence-corrected chi connectivity index (χ3v) is 6.83. The second-order valence-corrected chi connectivity index (χ2v) is 8.89.